The number of anilines is 2. The summed E-state index contributed by atoms with van der Waals surface area (Å²) in [5.74, 6) is -1.39. The molecule has 0 fully saturated rings. The summed E-state index contributed by atoms with van der Waals surface area (Å²) in [5.41, 5.74) is 5.58. The molecule has 1 amide bonds. The van der Waals surface area contributed by atoms with Crippen molar-refractivity contribution in [3.05, 3.63) is 62.4 Å². The number of halogens is 2. The van der Waals surface area contributed by atoms with Crippen LogP contribution in [0.1, 0.15) is 10.4 Å². The van der Waals surface area contributed by atoms with Crippen molar-refractivity contribution in [2.75, 3.05) is 11.1 Å². The first-order valence-electron chi connectivity index (χ1n) is 5.68. The molecule has 0 saturated carbocycles. The van der Waals surface area contributed by atoms with E-state index < -0.39 is 16.6 Å². The quantitative estimate of drug-likeness (QED) is 0.502. The second kappa shape index (κ2) is 5.88. The second-order valence-corrected chi connectivity index (χ2v) is 5.06. The lowest BCUT2D eigenvalue weighted by Gasteiger charge is -2.07. The molecule has 108 valence electrons. The summed E-state index contributed by atoms with van der Waals surface area (Å²) in [6.07, 6.45) is 0. The third-order valence-electron chi connectivity index (χ3n) is 2.59. The Morgan fingerprint density at radius 3 is 2.62 bits per heavy atom. The second-order valence-electron chi connectivity index (χ2n) is 4.15. The zero-order chi connectivity index (χ0) is 15.6. The fourth-order valence-corrected chi connectivity index (χ4v) is 2.17. The summed E-state index contributed by atoms with van der Waals surface area (Å²) in [4.78, 5) is 22.0. The van der Waals surface area contributed by atoms with Gasteiger partial charge in [-0.3, -0.25) is 14.9 Å². The molecule has 0 aliphatic heterocycles. The first kappa shape index (κ1) is 14.9. The number of nitro benzene ring substituents is 1. The Hall–Kier alpha value is -2.48. The van der Waals surface area contributed by atoms with Crippen LogP contribution in [0.25, 0.3) is 0 Å². The molecule has 2 aromatic carbocycles. The van der Waals surface area contributed by atoms with E-state index in [1.807, 2.05) is 0 Å². The predicted molar refractivity (Wildman–Crippen MR) is 79.6 cm³/mol. The van der Waals surface area contributed by atoms with Crippen LogP contribution in [0.2, 0.25) is 0 Å². The van der Waals surface area contributed by atoms with E-state index >= 15 is 0 Å². The first-order valence-corrected chi connectivity index (χ1v) is 6.47. The Balaban J connectivity index is 2.31. The molecule has 0 atom stereocenters. The van der Waals surface area contributed by atoms with Gasteiger partial charge in [0.05, 0.1) is 10.6 Å². The van der Waals surface area contributed by atoms with Crippen LogP contribution in [-0.2, 0) is 0 Å². The van der Waals surface area contributed by atoms with Crippen LogP contribution >= 0.6 is 15.9 Å². The highest BCUT2D eigenvalue weighted by atomic mass is 79.9. The summed E-state index contributed by atoms with van der Waals surface area (Å²) in [5, 5.41) is 12.9. The maximum absolute atomic E-state index is 13.6. The highest BCUT2D eigenvalue weighted by Gasteiger charge is 2.14. The number of benzene rings is 2. The Morgan fingerprint density at radius 2 is 2.00 bits per heavy atom. The van der Waals surface area contributed by atoms with Crippen molar-refractivity contribution < 1.29 is 14.1 Å². The van der Waals surface area contributed by atoms with Crippen LogP contribution in [0.15, 0.2) is 40.9 Å². The van der Waals surface area contributed by atoms with Crippen LogP contribution in [0.3, 0.4) is 0 Å². The fraction of sp³-hybridized carbons (Fsp3) is 0. The van der Waals surface area contributed by atoms with Gasteiger partial charge in [0.2, 0.25) is 0 Å². The zero-order valence-electron chi connectivity index (χ0n) is 10.5. The van der Waals surface area contributed by atoms with Crippen LogP contribution < -0.4 is 11.1 Å². The maximum Gasteiger partial charge on any atom is 0.271 e. The fourth-order valence-electron chi connectivity index (χ4n) is 1.66. The number of nitrogens with zero attached hydrogens (tertiary/aromatic N) is 1. The number of nitro groups is 1. The van der Waals surface area contributed by atoms with Crippen molar-refractivity contribution in [2.24, 2.45) is 0 Å². The van der Waals surface area contributed by atoms with Gasteiger partial charge in [-0.2, -0.15) is 0 Å². The smallest absolute Gasteiger partial charge is 0.271 e. The molecular weight excluding hydrogens is 345 g/mol. The molecule has 0 heterocycles. The number of nitrogen functional groups attached to an aromatic ring is 1. The van der Waals surface area contributed by atoms with Gasteiger partial charge in [0, 0.05) is 27.9 Å². The third kappa shape index (κ3) is 3.54. The monoisotopic (exact) mass is 353 g/mol. The Bertz CT molecular complexity index is 716. The Labute approximate surface area is 127 Å². The number of non-ortho nitro benzene ring substituents is 1. The minimum absolute atomic E-state index is 0.202. The van der Waals surface area contributed by atoms with E-state index in [9.17, 15) is 19.3 Å². The van der Waals surface area contributed by atoms with E-state index in [0.29, 0.717) is 10.2 Å². The molecule has 0 aliphatic carbocycles. The Morgan fingerprint density at radius 1 is 1.29 bits per heavy atom. The van der Waals surface area contributed by atoms with Gasteiger partial charge in [0.1, 0.15) is 5.82 Å². The molecule has 0 bridgehead atoms. The number of nitrogens with one attached hydrogen (secondary N) is 1. The van der Waals surface area contributed by atoms with Crippen molar-refractivity contribution in [1.29, 1.82) is 0 Å². The van der Waals surface area contributed by atoms with Gasteiger partial charge in [-0.15, -0.1) is 0 Å². The summed E-state index contributed by atoms with van der Waals surface area (Å²) in [7, 11) is 0. The number of nitrogens with two attached hydrogens (primary N) is 1. The van der Waals surface area contributed by atoms with E-state index in [0.717, 1.165) is 18.2 Å². The van der Waals surface area contributed by atoms with Crippen LogP contribution in [-0.4, -0.2) is 10.8 Å². The molecular formula is C13H9BrFN3O3. The van der Waals surface area contributed by atoms with Crippen LogP contribution in [0, 0.1) is 15.9 Å². The van der Waals surface area contributed by atoms with E-state index in [1.165, 1.54) is 12.1 Å². The molecule has 21 heavy (non-hydrogen) atoms. The van der Waals surface area contributed by atoms with Gasteiger partial charge in [0.25, 0.3) is 11.6 Å². The molecule has 0 aliphatic rings. The molecule has 8 heteroatoms. The molecule has 2 aromatic rings. The zero-order valence-corrected chi connectivity index (χ0v) is 12.1. The minimum Gasteiger partial charge on any atom is -0.399 e. The Kier molecular flexibility index (Phi) is 4.18. The molecule has 0 unspecified atom stereocenters. The lowest BCUT2D eigenvalue weighted by molar-refractivity contribution is -0.384. The van der Waals surface area contributed by atoms with Gasteiger partial charge in [-0.1, -0.05) is 15.9 Å². The van der Waals surface area contributed by atoms with Crippen LogP contribution in [0.4, 0.5) is 21.5 Å². The molecule has 0 spiro atoms. The number of carbonyl (C=O) groups excluding carboxylic acids is 1. The molecule has 0 radical (unpaired) electrons. The number of hydrogen-bond donors (Lipinski definition) is 2. The molecule has 0 saturated heterocycles. The van der Waals surface area contributed by atoms with Gasteiger partial charge in [-0.25, -0.2) is 4.39 Å². The average Bonchev–Trinajstić information content (AvgIpc) is 2.39. The van der Waals surface area contributed by atoms with Gasteiger partial charge in [0.15, 0.2) is 0 Å². The lowest BCUT2D eigenvalue weighted by atomic mass is 10.2. The normalized spacial score (nSPS) is 10.2. The van der Waals surface area contributed by atoms with Gasteiger partial charge < -0.3 is 11.1 Å². The summed E-state index contributed by atoms with van der Waals surface area (Å²) in [6, 6.07) is 7.40. The van der Waals surface area contributed by atoms with E-state index in [1.54, 1.807) is 6.07 Å². The van der Waals surface area contributed by atoms with Crippen molar-refractivity contribution in [3.63, 3.8) is 0 Å². The lowest BCUT2D eigenvalue weighted by Crippen LogP contribution is -2.13. The van der Waals surface area contributed by atoms with E-state index in [4.69, 9.17) is 5.73 Å². The predicted octanol–water partition coefficient (Wildman–Crippen LogP) is 3.33. The first-order chi connectivity index (χ1) is 9.86. The van der Waals surface area contributed by atoms with E-state index in [-0.39, 0.29) is 16.9 Å². The van der Waals surface area contributed by atoms with Gasteiger partial charge in [-0.05, 0) is 24.3 Å². The molecule has 6 nitrogen and oxygen atoms in total. The van der Waals surface area contributed by atoms with E-state index in [2.05, 4.69) is 21.2 Å². The standard InChI is InChI=1S/C13H9BrFN3O3/c14-8-3-7(4-9(16)5-8)13(19)17-12-6-10(18(20)21)1-2-11(12)15/h1-6H,16H2,(H,17,19). The molecule has 0 aromatic heterocycles. The summed E-state index contributed by atoms with van der Waals surface area (Å²) < 4.78 is 14.2. The van der Waals surface area contributed by atoms with Gasteiger partial charge >= 0.3 is 0 Å². The number of hydrogen-bond acceptors (Lipinski definition) is 4. The third-order valence-corrected chi connectivity index (χ3v) is 3.05. The highest BCUT2D eigenvalue weighted by Crippen LogP contribution is 2.23. The minimum atomic E-state index is -0.767. The topological polar surface area (TPSA) is 98.3 Å². The maximum atomic E-state index is 13.6. The number of carbonyl (C=O) groups is 1. The van der Waals surface area contributed by atoms with Crippen LogP contribution in [0.5, 0.6) is 0 Å². The van der Waals surface area contributed by atoms with Crippen molar-refractivity contribution in [3.8, 4) is 0 Å². The number of rotatable bonds is 3. The van der Waals surface area contributed by atoms with Crippen molar-refractivity contribution in [1.82, 2.24) is 0 Å². The van der Waals surface area contributed by atoms with Crippen molar-refractivity contribution in [2.45, 2.75) is 0 Å². The molecule has 2 rings (SSSR count). The number of amides is 1. The SMILES string of the molecule is Nc1cc(Br)cc(C(=O)Nc2cc([N+](=O)[O-])ccc2F)c1. The highest BCUT2D eigenvalue weighted by molar-refractivity contribution is 9.10. The average molecular weight is 354 g/mol. The summed E-state index contributed by atoms with van der Waals surface area (Å²) >= 11 is 3.19. The largest absolute Gasteiger partial charge is 0.399 e. The van der Waals surface area contributed by atoms with Crippen molar-refractivity contribution >= 4 is 38.9 Å². The summed E-state index contributed by atoms with van der Waals surface area (Å²) in [6.45, 7) is 0. The molecule has 3 N–H and O–H groups in total.